The van der Waals surface area contributed by atoms with E-state index in [9.17, 15) is 10.4 Å². The number of hydrogen-bond acceptors (Lipinski definition) is 7. The predicted octanol–water partition coefficient (Wildman–Crippen LogP) is 3.22. The number of nitrogens with one attached hydrogen (secondary N) is 1. The number of nitriles is 1. The van der Waals surface area contributed by atoms with Gasteiger partial charge in [-0.25, -0.2) is 15.0 Å². The first-order chi connectivity index (χ1) is 12.0. The second kappa shape index (κ2) is 6.83. The highest BCUT2D eigenvalue weighted by Gasteiger charge is 2.20. The maximum Gasteiger partial charge on any atom is 0.190 e. The molecule has 0 spiro atoms. The van der Waals surface area contributed by atoms with E-state index in [1.807, 2.05) is 37.3 Å². The van der Waals surface area contributed by atoms with Crippen molar-refractivity contribution in [3.05, 3.63) is 47.6 Å². The normalized spacial score (nSPS) is 13.3. The van der Waals surface area contributed by atoms with E-state index in [0.29, 0.717) is 16.8 Å². The SMILES string of the molecule is Cc1cc(N)nc(SC(C)/C(O)=C(/C#N)c2nc3ccccc3[nH]2)n1. The molecular weight excluding hydrogens is 336 g/mol. The Hall–Kier alpha value is -3.05. The van der Waals surface area contributed by atoms with Crippen molar-refractivity contribution < 1.29 is 5.11 Å². The Balaban J connectivity index is 1.93. The summed E-state index contributed by atoms with van der Waals surface area (Å²) in [4.78, 5) is 15.8. The molecule has 0 radical (unpaired) electrons. The molecule has 0 saturated heterocycles. The van der Waals surface area contributed by atoms with Gasteiger partial charge in [-0.05, 0) is 26.0 Å². The van der Waals surface area contributed by atoms with Crippen molar-refractivity contribution in [1.82, 2.24) is 19.9 Å². The van der Waals surface area contributed by atoms with Gasteiger partial charge in [0.1, 0.15) is 23.2 Å². The number of allylic oxidation sites excluding steroid dienone is 1. The van der Waals surface area contributed by atoms with Gasteiger partial charge >= 0.3 is 0 Å². The van der Waals surface area contributed by atoms with E-state index in [0.717, 1.165) is 16.7 Å². The van der Waals surface area contributed by atoms with Crippen LogP contribution in [-0.2, 0) is 0 Å². The lowest BCUT2D eigenvalue weighted by Gasteiger charge is -2.11. The summed E-state index contributed by atoms with van der Waals surface area (Å²) in [6.07, 6.45) is 0. The molecule has 0 aliphatic rings. The smallest absolute Gasteiger partial charge is 0.190 e. The Morgan fingerprint density at radius 3 is 2.76 bits per heavy atom. The second-order valence-corrected chi connectivity index (χ2v) is 6.76. The van der Waals surface area contributed by atoms with E-state index >= 15 is 0 Å². The van der Waals surface area contributed by atoms with Gasteiger partial charge in [0, 0.05) is 11.8 Å². The van der Waals surface area contributed by atoms with Crippen LogP contribution in [0.25, 0.3) is 16.6 Å². The van der Waals surface area contributed by atoms with Gasteiger partial charge in [0.25, 0.3) is 0 Å². The van der Waals surface area contributed by atoms with Gasteiger partial charge < -0.3 is 15.8 Å². The van der Waals surface area contributed by atoms with Gasteiger partial charge in [-0.3, -0.25) is 0 Å². The summed E-state index contributed by atoms with van der Waals surface area (Å²) in [5, 5.41) is 20.0. The zero-order valence-electron chi connectivity index (χ0n) is 13.7. The summed E-state index contributed by atoms with van der Waals surface area (Å²) in [6, 6.07) is 11.1. The lowest BCUT2D eigenvalue weighted by Crippen LogP contribution is -2.07. The molecule has 7 nitrogen and oxygen atoms in total. The maximum atomic E-state index is 10.5. The van der Waals surface area contributed by atoms with Crippen LogP contribution in [-0.4, -0.2) is 30.3 Å². The number of hydrogen-bond donors (Lipinski definition) is 3. The Kier molecular flexibility index (Phi) is 4.59. The number of H-pyrrole nitrogens is 1. The summed E-state index contributed by atoms with van der Waals surface area (Å²) >= 11 is 1.22. The van der Waals surface area contributed by atoms with Crippen LogP contribution in [0.2, 0.25) is 0 Å². The number of para-hydroxylation sites is 2. The summed E-state index contributed by atoms with van der Waals surface area (Å²) in [7, 11) is 0. The molecule has 25 heavy (non-hydrogen) atoms. The van der Waals surface area contributed by atoms with Crippen LogP contribution in [0.15, 0.2) is 41.2 Å². The van der Waals surface area contributed by atoms with Crippen molar-refractivity contribution >= 4 is 34.2 Å². The Morgan fingerprint density at radius 1 is 1.32 bits per heavy atom. The van der Waals surface area contributed by atoms with E-state index in [4.69, 9.17) is 5.73 Å². The van der Waals surface area contributed by atoms with Crippen LogP contribution < -0.4 is 5.73 Å². The standard InChI is InChI=1S/C17H16N6OS/c1-9-7-14(19)23-17(20-9)25-10(2)15(24)11(8-18)16-21-12-5-3-4-6-13(12)22-16/h3-7,10,24H,1-2H3,(H,21,22)(H2,19,20,23)/b15-11+. The number of aliphatic hydroxyl groups is 1. The Bertz CT molecular complexity index is 951. The van der Waals surface area contributed by atoms with Crippen LogP contribution in [0, 0.1) is 18.3 Å². The van der Waals surface area contributed by atoms with E-state index in [1.165, 1.54) is 11.8 Å². The number of aliphatic hydroxyl groups excluding tert-OH is 1. The minimum absolute atomic E-state index is 0.0877. The van der Waals surface area contributed by atoms with Gasteiger partial charge in [-0.15, -0.1) is 0 Å². The van der Waals surface area contributed by atoms with E-state index in [-0.39, 0.29) is 11.3 Å². The van der Waals surface area contributed by atoms with E-state index in [1.54, 1.807) is 13.0 Å². The highest BCUT2D eigenvalue weighted by atomic mass is 32.2. The molecule has 1 atom stereocenters. The third-order valence-electron chi connectivity index (χ3n) is 3.51. The Labute approximate surface area is 148 Å². The highest BCUT2D eigenvalue weighted by molar-refractivity contribution is 7.99. The van der Waals surface area contributed by atoms with Gasteiger partial charge in [0.2, 0.25) is 0 Å². The number of nitrogens with two attached hydrogens (primary N) is 1. The van der Waals surface area contributed by atoms with Crippen LogP contribution >= 0.6 is 11.8 Å². The first-order valence-corrected chi connectivity index (χ1v) is 8.42. The summed E-state index contributed by atoms with van der Waals surface area (Å²) in [6.45, 7) is 3.58. The molecule has 0 amide bonds. The van der Waals surface area contributed by atoms with Crippen molar-refractivity contribution in [2.45, 2.75) is 24.3 Å². The van der Waals surface area contributed by atoms with Crippen molar-refractivity contribution in [3.8, 4) is 6.07 Å². The summed E-state index contributed by atoms with van der Waals surface area (Å²) < 4.78 is 0. The van der Waals surface area contributed by atoms with Crippen molar-refractivity contribution in [2.24, 2.45) is 0 Å². The predicted molar refractivity (Wildman–Crippen MR) is 97.8 cm³/mol. The minimum Gasteiger partial charge on any atom is -0.510 e. The van der Waals surface area contributed by atoms with Crippen molar-refractivity contribution in [2.75, 3.05) is 5.73 Å². The molecule has 126 valence electrons. The minimum atomic E-state index is -0.441. The molecular formula is C17H16N6OS. The fourth-order valence-electron chi connectivity index (χ4n) is 2.34. The number of thioether (sulfide) groups is 1. The zero-order valence-corrected chi connectivity index (χ0v) is 14.5. The first-order valence-electron chi connectivity index (χ1n) is 7.54. The average Bonchev–Trinajstić information content (AvgIpc) is 2.97. The molecule has 4 N–H and O–H groups in total. The number of fused-ring (bicyclic) bond motifs is 1. The number of nitrogens with zero attached hydrogens (tertiary/aromatic N) is 4. The van der Waals surface area contributed by atoms with E-state index in [2.05, 4.69) is 19.9 Å². The molecule has 0 aliphatic heterocycles. The van der Waals surface area contributed by atoms with E-state index < -0.39 is 5.25 Å². The van der Waals surface area contributed by atoms with Crippen molar-refractivity contribution in [1.29, 1.82) is 5.26 Å². The monoisotopic (exact) mass is 352 g/mol. The lowest BCUT2D eigenvalue weighted by atomic mass is 10.2. The molecule has 2 aromatic heterocycles. The van der Waals surface area contributed by atoms with Gasteiger partial charge in [0.15, 0.2) is 11.0 Å². The number of aryl methyl sites for hydroxylation is 1. The number of benzene rings is 1. The Morgan fingerprint density at radius 2 is 2.08 bits per heavy atom. The molecule has 1 unspecified atom stereocenters. The molecule has 0 fully saturated rings. The molecule has 0 saturated carbocycles. The lowest BCUT2D eigenvalue weighted by molar-refractivity contribution is 0.401. The number of aromatic nitrogens is 4. The summed E-state index contributed by atoms with van der Waals surface area (Å²) in [5.41, 5.74) is 8.09. The molecule has 3 aromatic rings. The van der Waals surface area contributed by atoms with Crippen LogP contribution in [0.5, 0.6) is 0 Å². The molecule has 0 bridgehead atoms. The van der Waals surface area contributed by atoms with Gasteiger partial charge in [0.05, 0.1) is 16.3 Å². The third kappa shape index (κ3) is 3.56. The fraction of sp³-hybridized carbons (Fsp3) is 0.176. The third-order valence-corrected chi connectivity index (χ3v) is 4.49. The molecule has 3 rings (SSSR count). The topological polar surface area (TPSA) is 125 Å². The van der Waals surface area contributed by atoms with Gasteiger partial charge in [-0.2, -0.15) is 5.26 Å². The highest BCUT2D eigenvalue weighted by Crippen LogP contribution is 2.29. The van der Waals surface area contributed by atoms with Crippen LogP contribution in [0.4, 0.5) is 5.82 Å². The number of nitrogen functional groups attached to an aromatic ring is 1. The van der Waals surface area contributed by atoms with Gasteiger partial charge in [-0.1, -0.05) is 23.9 Å². The average molecular weight is 352 g/mol. The molecule has 8 heteroatoms. The van der Waals surface area contributed by atoms with Crippen LogP contribution in [0.3, 0.4) is 0 Å². The number of aromatic amines is 1. The number of rotatable bonds is 4. The summed E-state index contributed by atoms with van der Waals surface area (Å²) in [5.74, 6) is 0.608. The fourth-order valence-corrected chi connectivity index (χ4v) is 3.24. The van der Waals surface area contributed by atoms with Crippen LogP contribution in [0.1, 0.15) is 18.4 Å². The molecule has 0 aliphatic carbocycles. The second-order valence-electron chi connectivity index (χ2n) is 5.45. The molecule has 1 aromatic carbocycles. The zero-order chi connectivity index (χ0) is 18.0. The largest absolute Gasteiger partial charge is 0.510 e. The maximum absolute atomic E-state index is 10.5. The number of imidazole rings is 1. The first kappa shape index (κ1) is 16.8. The van der Waals surface area contributed by atoms with Crippen molar-refractivity contribution in [3.63, 3.8) is 0 Å². The molecule has 2 heterocycles. The quantitative estimate of drug-likeness (QED) is 0.285. The number of anilines is 1.